The zero-order chi connectivity index (χ0) is 14.7. The SMILES string of the molecule is O=C(O)c1cc(SCc2ccc(F)c(F)c2)ccc1Cl. The molecule has 104 valence electrons. The smallest absolute Gasteiger partial charge is 0.337 e. The number of benzene rings is 2. The Labute approximate surface area is 123 Å². The Morgan fingerprint density at radius 3 is 2.55 bits per heavy atom. The molecule has 0 heterocycles. The van der Waals surface area contributed by atoms with Crippen molar-refractivity contribution in [3.8, 4) is 0 Å². The first-order valence-corrected chi connectivity index (χ1v) is 6.93. The Kier molecular flexibility index (Phi) is 4.62. The molecule has 0 aliphatic carbocycles. The summed E-state index contributed by atoms with van der Waals surface area (Å²) in [5, 5.41) is 9.12. The lowest BCUT2D eigenvalue weighted by Gasteiger charge is -2.05. The van der Waals surface area contributed by atoms with Gasteiger partial charge in [0, 0.05) is 10.6 Å². The van der Waals surface area contributed by atoms with Gasteiger partial charge in [-0.05, 0) is 35.9 Å². The van der Waals surface area contributed by atoms with Crippen LogP contribution < -0.4 is 0 Å². The van der Waals surface area contributed by atoms with E-state index in [9.17, 15) is 13.6 Å². The van der Waals surface area contributed by atoms with E-state index in [0.717, 1.165) is 12.1 Å². The second-order valence-electron chi connectivity index (χ2n) is 3.98. The molecule has 0 bridgehead atoms. The number of carboxylic acid groups (broad SMARTS) is 1. The van der Waals surface area contributed by atoms with Crippen molar-refractivity contribution in [2.45, 2.75) is 10.6 Å². The summed E-state index contributed by atoms with van der Waals surface area (Å²) in [5.74, 6) is -2.49. The number of carboxylic acids is 1. The quantitative estimate of drug-likeness (QED) is 0.837. The molecule has 0 aromatic heterocycles. The molecule has 2 aromatic carbocycles. The van der Waals surface area contributed by atoms with Gasteiger partial charge in [-0.15, -0.1) is 11.8 Å². The highest BCUT2D eigenvalue weighted by Crippen LogP contribution is 2.27. The van der Waals surface area contributed by atoms with Crippen LogP contribution >= 0.6 is 23.4 Å². The number of rotatable bonds is 4. The molecule has 0 atom stereocenters. The lowest BCUT2D eigenvalue weighted by atomic mass is 10.2. The lowest BCUT2D eigenvalue weighted by Crippen LogP contribution is -1.97. The molecule has 0 fully saturated rings. The first-order valence-electron chi connectivity index (χ1n) is 5.57. The van der Waals surface area contributed by atoms with Crippen LogP contribution in [0.4, 0.5) is 8.78 Å². The van der Waals surface area contributed by atoms with Crippen molar-refractivity contribution in [3.63, 3.8) is 0 Å². The summed E-state index contributed by atoms with van der Waals surface area (Å²) in [4.78, 5) is 11.6. The monoisotopic (exact) mass is 314 g/mol. The number of thioether (sulfide) groups is 1. The summed E-state index contributed by atoms with van der Waals surface area (Å²) in [6.45, 7) is 0. The lowest BCUT2D eigenvalue weighted by molar-refractivity contribution is 0.0697. The first-order chi connectivity index (χ1) is 9.47. The molecule has 0 aliphatic heterocycles. The van der Waals surface area contributed by atoms with E-state index in [4.69, 9.17) is 16.7 Å². The molecule has 2 aromatic rings. The van der Waals surface area contributed by atoms with E-state index in [1.54, 1.807) is 6.07 Å². The van der Waals surface area contributed by atoms with Crippen LogP contribution in [0, 0.1) is 11.6 Å². The predicted molar refractivity (Wildman–Crippen MR) is 74.3 cm³/mol. The minimum atomic E-state index is -1.11. The number of aromatic carboxylic acids is 1. The highest BCUT2D eigenvalue weighted by Gasteiger charge is 2.10. The summed E-state index contributed by atoms with van der Waals surface area (Å²) in [6, 6.07) is 8.30. The van der Waals surface area contributed by atoms with Gasteiger partial charge < -0.3 is 5.11 Å². The van der Waals surface area contributed by atoms with Crippen LogP contribution in [0.1, 0.15) is 15.9 Å². The van der Waals surface area contributed by atoms with Crippen LogP contribution in [0.2, 0.25) is 5.02 Å². The second kappa shape index (κ2) is 6.24. The van der Waals surface area contributed by atoms with Crippen molar-refractivity contribution in [3.05, 3.63) is 64.2 Å². The minimum Gasteiger partial charge on any atom is -0.478 e. The number of halogens is 3. The van der Waals surface area contributed by atoms with Gasteiger partial charge in [-0.3, -0.25) is 0 Å². The third-order valence-electron chi connectivity index (χ3n) is 2.56. The standard InChI is InChI=1S/C14H9ClF2O2S/c15-11-3-2-9(6-10(11)14(18)19)20-7-8-1-4-12(16)13(17)5-8/h1-6H,7H2,(H,18,19). The van der Waals surface area contributed by atoms with Crippen molar-refractivity contribution in [1.29, 1.82) is 0 Å². The van der Waals surface area contributed by atoms with Crippen LogP contribution in [0.3, 0.4) is 0 Å². The topological polar surface area (TPSA) is 37.3 Å². The molecule has 2 rings (SSSR count). The third kappa shape index (κ3) is 3.49. The van der Waals surface area contributed by atoms with Gasteiger partial charge in [0.2, 0.25) is 0 Å². The molecule has 6 heteroatoms. The Morgan fingerprint density at radius 2 is 1.90 bits per heavy atom. The maximum atomic E-state index is 13.0. The molecule has 20 heavy (non-hydrogen) atoms. The summed E-state index contributed by atoms with van der Waals surface area (Å²) in [7, 11) is 0. The molecule has 0 aliphatic rings. The third-order valence-corrected chi connectivity index (χ3v) is 3.95. The van der Waals surface area contributed by atoms with Crippen LogP contribution in [-0.4, -0.2) is 11.1 Å². The summed E-state index contributed by atoms with van der Waals surface area (Å²) >= 11 is 7.08. The molecule has 0 amide bonds. The van der Waals surface area contributed by atoms with E-state index in [2.05, 4.69) is 0 Å². The van der Waals surface area contributed by atoms with Crippen LogP contribution in [-0.2, 0) is 5.75 Å². The van der Waals surface area contributed by atoms with E-state index in [0.29, 0.717) is 16.2 Å². The van der Waals surface area contributed by atoms with E-state index in [-0.39, 0.29) is 10.6 Å². The molecule has 2 nitrogen and oxygen atoms in total. The van der Waals surface area contributed by atoms with Gasteiger partial charge in [0.1, 0.15) is 0 Å². The van der Waals surface area contributed by atoms with Gasteiger partial charge in [-0.2, -0.15) is 0 Å². The zero-order valence-electron chi connectivity index (χ0n) is 10.1. The number of hydrogen-bond acceptors (Lipinski definition) is 2. The molecule has 0 radical (unpaired) electrons. The van der Waals surface area contributed by atoms with E-state index >= 15 is 0 Å². The van der Waals surface area contributed by atoms with Crippen molar-refractivity contribution in [1.82, 2.24) is 0 Å². The van der Waals surface area contributed by atoms with Gasteiger partial charge in [0.15, 0.2) is 11.6 Å². The van der Waals surface area contributed by atoms with Gasteiger partial charge in [-0.1, -0.05) is 17.7 Å². The molecule has 0 spiro atoms. The largest absolute Gasteiger partial charge is 0.478 e. The molecular formula is C14H9ClF2O2S. The van der Waals surface area contributed by atoms with Crippen molar-refractivity contribution < 1.29 is 18.7 Å². The van der Waals surface area contributed by atoms with Crippen molar-refractivity contribution >= 4 is 29.3 Å². The Bertz CT molecular complexity index is 662. The van der Waals surface area contributed by atoms with E-state index in [1.807, 2.05) is 0 Å². The minimum absolute atomic E-state index is 0.0157. The average Bonchev–Trinajstić information content (AvgIpc) is 2.41. The Balaban J connectivity index is 2.12. The first kappa shape index (κ1) is 14.8. The van der Waals surface area contributed by atoms with Crippen LogP contribution in [0.15, 0.2) is 41.3 Å². The molecule has 0 saturated carbocycles. The molecule has 0 unspecified atom stereocenters. The van der Waals surface area contributed by atoms with Crippen molar-refractivity contribution in [2.75, 3.05) is 0 Å². The summed E-state index contributed by atoms with van der Waals surface area (Å²) in [5.41, 5.74) is 0.627. The van der Waals surface area contributed by atoms with E-state index in [1.165, 1.54) is 30.0 Å². The fraction of sp³-hybridized carbons (Fsp3) is 0.0714. The van der Waals surface area contributed by atoms with Crippen LogP contribution in [0.25, 0.3) is 0 Å². The van der Waals surface area contributed by atoms with Crippen LogP contribution in [0.5, 0.6) is 0 Å². The summed E-state index contributed by atoms with van der Waals surface area (Å²) < 4.78 is 25.8. The van der Waals surface area contributed by atoms with Gasteiger partial charge in [-0.25, -0.2) is 13.6 Å². The average molecular weight is 315 g/mol. The molecular weight excluding hydrogens is 306 g/mol. The maximum Gasteiger partial charge on any atom is 0.337 e. The molecule has 0 saturated heterocycles. The Hall–Kier alpha value is -1.59. The van der Waals surface area contributed by atoms with E-state index < -0.39 is 17.6 Å². The fourth-order valence-corrected chi connectivity index (χ4v) is 2.63. The maximum absolute atomic E-state index is 13.0. The predicted octanol–water partition coefficient (Wildman–Crippen LogP) is 4.61. The Morgan fingerprint density at radius 1 is 1.15 bits per heavy atom. The normalized spacial score (nSPS) is 10.6. The van der Waals surface area contributed by atoms with Gasteiger partial charge in [0.05, 0.1) is 10.6 Å². The molecule has 1 N–H and O–H groups in total. The van der Waals surface area contributed by atoms with Gasteiger partial charge >= 0.3 is 5.97 Å². The highest BCUT2D eigenvalue weighted by atomic mass is 35.5. The summed E-state index contributed by atoms with van der Waals surface area (Å²) in [6.07, 6.45) is 0. The highest BCUT2D eigenvalue weighted by molar-refractivity contribution is 7.98. The van der Waals surface area contributed by atoms with Gasteiger partial charge in [0.25, 0.3) is 0 Å². The zero-order valence-corrected chi connectivity index (χ0v) is 11.6. The second-order valence-corrected chi connectivity index (χ2v) is 5.44. The van der Waals surface area contributed by atoms with Crippen molar-refractivity contribution in [2.24, 2.45) is 0 Å². The fourth-order valence-electron chi connectivity index (χ4n) is 1.55. The number of hydrogen-bond donors (Lipinski definition) is 1. The number of carbonyl (C=O) groups is 1.